The molecule has 10 nitrogen and oxygen atoms in total. The Kier molecular flexibility index (Phi) is 5.55. The van der Waals surface area contributed by atoms with Crippen LogP contribution in [0.1, 0.15) is 20.7 Å². The highest BCUT2D eigenvalue weighted by molar-refractivity contribution is 7.89. The second kappa shape index (κ2) is 7.47. The third kappa shape index (κ3) is 4.33. The molecule has 26 heavy (non-hydrogen) atoms. The number of carboxylic acids is 1. The Hall–Kier alpha value is -3.02. The SMILES string of the molecule is O=C(NNS(=O)(=O)c1ccc(Cl)c(C(=O)O)c1)c1ccc([N+](=O)[O-])cc1. The number of halogens is 1. The Morgan fingerprint density at radius 2 is 1.73 bits per heavy atom. The summed E-state index contributed by atoms with van der Waals surface area (Å²) in [7, 11) is -4.27. The number of hydrazine groups is 1. The zero-order chi connectivity index (χ0) is 19.5. The Bertz CT molecular complexity index is 990. The number of carbonyl (C=O) groups is 2. The van der Waals surface area contributed by atoms with Crippen LogP contribution in [0, 0.1) is 10.1 Å². The molecule has 3 N–H and O–H groups in total. The number of non-ortho nitro benzene ring substituents is 1. The van der Waals surface area contributed by atoms with Crippen molar-refractivity contribution in [3.8, 4) is 0 Å². The fraction of sp³-hybridized carbons (Fsp3) is 0. The van der Waals surface area contributed by atoms with E-state index in [1.165, 1.54) is 0 Å². The number of aromatic carboxylic acids is 1. The van der Waals surface area contributed by atoms with Crippen LogP contribution in [0.5, 0.6) is 0 Å². The van der Waals surface area contributed by atoms with Gasteiger partial charge in [0.1, 0.15) is 0 Å². The third-order valence-electron chi connectivity index (χ3n) is 3.12. The van der Waals surface area contributed by atoms with E-state index in [0.717, 1.165) is 42.5 Å². The first-order valence-corrected chi connectivity index (χ1v) is 8.57. The number of carbonyl (C=O) groups excluding carboxylic acids is 1. The molecule has 0 aliphatic rings. The van der Waals surface area contributed by atoms with Crippen LogP contribution in [0.2, 0.25) is 5.02 Å². The standard InChI is InChI=1S/C14H10ClN3O7S/c15-12-6-5-10(7-11(12)14(20)21)26(24,25)17-16-13(19)8-1-3-9(4-2-8)18(22)23/h1-7,17H,(H,16,19)(H,20,21). The van der Waals surface area contributed by atoms with Crippen LogP contribution in [-0.2, 0) is 10.0 Å². The predicted molar refractivity (Wildman–Crippen MR) is 89.3 cm³/mol. The van der Waals surface area contributed by atoms with Crippen molar-refractivity contribution in [2.75, 3.05) is 0 Å². The molecule has 0 unspecified atom stereocenters. The van der Waals surface area contributed by atoms with Crippen LogP contribution in [0.3, 0.4) is 0 Å². The maximum absolute atomic E-state index is 12.1. The van der Waals surface area contributed by atoms with Crippen molar-refractivity contribution in [2.45, 2.75) is 4.90 Å². The number of benzene rings is 2. The van der Waals surface area contributed by atoms with Gasteiger partial charge in [0.2, 0.25) is 0 Å². The molecule has 0 radical (unpaired) electrons. The highest BCUT2D eigenvalue weighted by Crippen LogP contribution is 2.20. The summed E-state index contributed by atoms with van der Waals surface area (Å²) in [5.41, 5.74) is 1.24. The number of hydrogen-bond donors (Lipinski definition) is 3. The first-order chi connectivity index (χ1) is 12.1. The number of nitro groups is 1. The molecule has 136 valence electrons. The normalized spacial score (nSPS) is 11.0. The minimum atomic E-state index is -4.27. The Labute approximate surface area is 151 Å². The monoisotopic (exact) mass is 399 g/mol. The van der Waals surface area contributed by atoms with Crippen LogP contribution < -0.4 is 10.3 Å². The van der Waals surface area contributed by atoms with Crippen LogP contribution >= 0.6 is 11.6 Å². The second-order valence-corrected chi connectivity index (χ2v) is 6.90. The molecule has 0 aromatic heterocycles. The van der Waals surface area contributed by atoms with E-state index in [0.29, 0.717) is 0 Å². The zero-order valence-electron chi connectivity index (χ0n) is 12.7. The number of nitrogens with zero attached hydrogens (tertiary/aromatic N) is 1. The molecule has 1 amide bonds. The van der Waals surface area contributed by atoms with E-state index in [4.69, 9.17) is 16.7 Å². The number of amides is 1. The third-order valence-corrected chi connectivity index (χ3v) is 4.69. The van der Waals surface area contributed by atoms with Gasteiger partial charge in [0, 0.05) is 17.7 Å². The summed E-state index contributed by atoms with van der Waals surface area (Å²) in [6.07, 6.45) is 0. The average molecular weight is 400 g/mol. The van der Waals surface area contributed by atoms with Crippen molar-refractivity contribution >= 4 is 39.2 Å². The molecular formula is C14H10ClN3O7S. The molecule has 0 saturated heterocycles. The summed E-state index contributed by atoms with van der Waals surface area (Å²) in [5.74, 6) is -2.28. The molecule has 2 aromatic rings. The van der Waals surface area contributed by atoms with Crippen molar-refractivity contribution in [1.82, 2.24) is 10.3 Å². The van der Waals surface area contributed by atoms with E-state index in [2.05, 4.69) is 0 Å². The fourth-order valence-electron chi connectivity index (χ4n) is 1.81. The van der Waals surface area contributed by atoms with E-state index in [9.17, 15) is 28.1 Å². The largest absolute Gasteiger partial charge is 0.478 e. The van der Waals surface area contributed by atoms with E-state index in [1.807, 2.05) is 5.43 Å². The van der Waals surface area contributed by atoms with Crippen molar-refractivity contribution in [1.29, 1.82) is 0 Å². The summed E-state index contributed by atoms with van der Waals surface area (Å²) in [6.45, 7) is 0. The van der Waals surface area contributed by atoms with Gasteiger partial charge >= 0.3 is 5.97 Å². The zero-order valence-corrected chi connectivity index (χ0v) is 14.2. The molecule has 0 bridgehead atoms. The maximum Gasteiger partial charge on any atom is 0.337 e. The Balaban J connectivity index is 2.15. The lowest BCUT2D eigenvalue weighted by molar-refractivity contribution is -0.384. The highest BCUT2D eigenvalue weighted by atomic mass is 35.5. The quantitative estimate of drug-likeness (QED) is 0.491. The van der Waals surface area contributed by atoms with Crippen LogP contribution in [0.4, 0.5) is 5.69 Å². The first kappa shape index (κ1) is 19.3. The highest BCUT2D eigenvalue weighted by Gasteiger charge is 2.19. The minimum Gasteiger partial charge on any atom is -0.478 e. The molecule has 0 aliphatic carbocycles. The summed E-state index contributed by atoms with van der Waals surface area (Å²) < 4.78 is 24.3. The van der Waals surface area contributed by atoms with Crippen molar-refractivity contribution in [3.63, 3.8) is 0 Å². The molecule has 0 heterocycles. The summed E-state index contributed by atoms with van der Waals surface area (Å²) in [6, 6.07) is 7.46. The predicted octanol–water partition coefficient (Wildman–Crippen LogP) is 1.57. The second-order valence-electron chi connectivity index (χ2n) is 4.81. The minimum absolute atomic E-state index is 0.0272. The topological polar surface area (TPSA) is 156 Å². The first-order valence-electron chi connectivity index (χ1n) is 6.71. The van der Waals surface area contributed by atoms with Gasteiger partial charge in [-0.05, 0) is 30.3 Å². The number of carboxylic acid groups (broad SMARTS) is 1. The van der Waals surface area contributed by atoms with E-state index in [-0.39, 0.29) is 16.3 Å². The number of rotatable bonds is 6. The number of nitrogens with one attached hydrogen (secondary N) is 2. The van der Waals surface area contributed by atoms with Gasteiger partial charge < -0.3 is 5.11 Å². The average Bonchev–Trinajstić information content (AvgIpc) is 2.59. The molecule has 2 aromatic carbocycles. The van der Waals surface area contributed by atoms with Crippen LogP contribution in [0.15, 0.2) is 47.4 Å². The number of hydrogen-bond acceptors (Lipinski definition) is 6. The van der Waals surface area contributed by atoms with Crippen LogP contribution in [0.25, 0.3) is 0 Å². The molecule has 0 saturated carbocycles. The number of sulfonamides is 1. The van der Waals surface area contributed by atoms with E-state index in [1.54, 1.807) is 4.83 Å². The van der Waals surface area contributed by atoms with Gasteiger partial charge in [-0.3, -0.25) is 20.3 Å². The maximum atomic E-state index is 12.1. The molecule has 0 fully saturated rings. The van der Waals surface area contributed by atoms with Gasteiger partial charge in [-0.15, -0.1) is 4.83 Å². The fourth-order valence-corrected chi connectivity index (χ4v) is 2.88. The molecule has 12 heteroatoms. The van der Waals surface area contributed by atoms with E-state index >= 15 is 0 Å². The van der Waals surface area contributed by atoms with Gasteiger partial charge in [0.25, 0.3) is 21.6 Å². The van der Waals surface area contributed by atoms with Gasteiger partial charge in [-0.1, -0.05) is 11.6 Å². The molecule has 0 aliphatic heterocycles. The Morgan fingerprint density at radius 1 is 1.12 bits per heavy atom. The summed E-state index contributed by atoms with van der Waals surface area (Å²) in [5, 5.41) is 19.4. The van der Waals surface area contributed by atoms with Crippen molar-refractivity contribution in [3.05, 3.63) is 68.7 Å². The Morgan fingerprint density at radius 3 is 2.27 bits per heavy atom. The lowest BCUT2D eigenvalue weighted by Crippen LogP contribution is -2.41. The lowest BCUT2D eigenvalue weighted by Gasteiger charge is -2.09. The van der Waals surface area contributed by atoms with Crippen LogP contribution in [-0.4, -0.2) is 30.3 Å². The summed E-state index contributed by atoms with van der Waals surface area (Å²) in [4.78, 5) is 34.2. The lowest BCUT2D eigenvalue weighted by atomic mass is 10.2. The van der Waals surface area contributed by atoms with E-state index < -0.39 is 37.3 Å². The molecule has 0 atom stereocenters. The number of nitro benzene ring substituents is 1. The van der Waals surface area contributed by atoms with Gasteiger partial charge in [-0.2, -0.15) is 0 Å². The molecular weight excluding hydrogens is 390 g/mol. The van der Waals surface area contributed by atoms with Crippen molar-refractivity contribution in [2.24, 2.45) is 0 Å². The van der Waals surface area contributed by atoms with Gasteiger partial charge in [0.15, 0.2) is 0 Å². The van der Waals surface area contributed by atoms with Crippen molar-refractivity contribution < 1.29 is 28.0 Å². The summed E-state index contributed by atoms with van der Waals surface area (Å²) >= 11 is 5.67. The smallest absolute Gasteiger partial charge is 0.337 e. The van der Waals surface area contributed by atoms with Gasteiger partial charge in [-0.25, -0.2) is 13.2 Å². The molecule has 2 rings (SSSR count). The van der Waals surface area contributed by atoms with Gasteiger partial charge in [0.05, 0.1) is 20.4 Å². The molecule has 0 spiro atoms.